The van der Waals surface area contributed by atoms with E-state index in [4.69, 9.17) is 35.4 Å². The molecule has 0 heterocycles. The number of nitrogens with zero attached hydrogens (tertiary/aromatic N) is 2. The second-order valence-electron chi connectivity index (χ2n) is 41.8. The highest BCUT2D eigenvalue weighted by molar-refractivity contribution is 6.77. The molecular formula is C92H144N2O12Si8. The third kappa shape index (κ3) is 32.8. The van der Waals surface area contributed by atoms with E-state index in [1.54, 1.807) is 24.3 Å². The summed E-state index contributed by atoms with van der Waals surface area (Å²) in [5, 5.41) is 22.3. The summed E-state index contributed by atoms with van der Waals surface area (Å²) in [6.45, 7) is 89.5. The molecular weight excluding hydrogens is 1550 g/mol. The lowest BCUT2D eigenvalue weighted by Crippen LogP contribution is -2.42. The van der Waals surface area contributed by atoms with Crippen LogP contribution in [0.2, 0.25) is 145 Å². The molecule has 0 fully saturated rings. The van der Waals surface area contributed by atoms with Crippen LogP contribution in [0, 0.1) is 115 Å². The van der Waals surface area contributed by atoms with Gasteiger partial charge in [0.25, 0.3) is 11.4 Å². The summed E-state index contributed by atoms with van der Waals surface area (Å²) >= 11 is 0. The number of hydrogen-bond donors (Lipinski definition) is 0. The van der Waals surface area contributed by atoms with Gasteiger partial charge in [0.2, 0.25) is 0 Å². The fourth-order valence-corrected chi connectivity index (χ4v) is 15.1. The smallest absolute Gasteiger partial charge is 0.269 e. The number of rotatable bonds is 26. The van der Waals surface area contributed by atoms with Gasteiger partial charge in [0, 0.05) is 80.0 Å². The zero-order chi connectivity index (χ0) is 88.4. The van der Waals surface area contributed by atoms with Crippen molar-refractivity contribution in [1.82, 2.24) is 0 Å². The van der Waals surface area contributed by atoms with Crippen molar-refractivity contribution in [3.63, 3.8) is 0 Å². The van der Waals surface area contributed by atoms with Gasteiger partial charge >= 0.3 is 0 Å². The lowest BCUT2D eigenvalue weighted by atomic mass is 10.1. The highest BCUT2D eigenvalue weighted by Crippen LogP contribution is 2.44. The zero-order valence-corrected chi connectivity index (χ0v) is 86.1. The van der Waals surface area contributed by atoms with Crippen molar-refractivity contribution in [3.8, 4) is 94.7 Å². The number of non-ortho nitro benzene ring substituents is 2. The normalized spacial score (nSPS) is 14.1. The molecule has 0 aliphatic heterocycles. The fraction of sp³-hybridized carbons (Fsp3) is 0.609. The van der Waals surface area contributed by atoms with E-state index in [1.165, 1.54) is 24.3 Å². The monoisotopic (exact) mass is 1690 g/mol. The van der Waals surface area contributed by atoms with Crippen molar-refractivity contribution in [3.05, 3.63) is 124 Å². The Balaban J connectivity index is 3.64. The minimum atomic E-state index is -2.45. The molecule has 0 aromatic heterocycles. The summed E-state index contributed by atoms with van der Waals surface area (Å²) in [7, 11) is -19.2. The number of nitro groups is 2. The van der Waals surface area contributed by atoms with E-state index >= 15 is 0 Å². The first-order valence-corrected chi connectivity index (χ1v) is 63.1. The third-order valence-corrected chi connectivity index (χ3v) is 60.7. The highest BCUT2D eigenvalue weighted by atomic mass is 28.4. The summed E-state index contributed by atoms with van der Waals surface area (Å²) < 4.78 is 56.1. The van der Waals surface area contributed by atoms with Crippen molar-refractivity contribution in [2.24, 2.45) is 0 Å². The lowest BCUT2D eigenvalue weighted by molar-refractivity contribution is -0.385. The first kappa shape index (κ1) is 104. The predicted octanol–water partition coefficient (Wildman–Crippen LogP) is 24.3. The molecule has 0 aliphatic rings. The van der Waals surface area contributed by atoms with Crippen LogP contribution in [0.5, 0.6) is 0 Å². The summed E-state index contributed by atoms with van der Waals surface area (Å²) in [5.41, 5.74) is 6.14. The van der Waals surface area contributed by atoms with E-state index in [9.17, 15) is 20.2 Å². The summed E-state index contributed by atoms with van der Waals surface area (Å²) in [6, 6.07) is 12.4. The molecule has 0 unspecified atom stereocenters. The van der Waals surface area contributed by atoms with E-state index in [0.717, 1.165) is 0 Å². The Kier molecular flexibility index (Phi) is 37.2. The molecule has 0 spiro atoms. The van der Waals surface area contributed by atoms with Gasteiger partial charge in [0.15, 0.2) is 66.5 Å². The van der Waals surface area contributed by atoms with Crippen LogP contribution in [-0.2, 0) is 35.4 Å². The molecule has 0 atom stereocenters. The molecule has 0 bridgehead atoms. The molecule has 2 rings (SSSR count). The second-order valence-corrected chi connectivity index (χ2v) is 80.3. The molecule has 0 N–H and O–H groups in total. The molecule has 0 saturated heterocycles. The Morgan fingerprint density at radius 1 is 0.246 bits per heavy atom. The zero-order valence-electron chi connectivity index (χ0n) is 78.1. The minimum Gasteiger partial charge on any atom is -0.412 e. The molecule has 2 aromatic carbocycles. The van der Waals surface area contributed by atoms with E-state index in [-0.39, 0.29) is 105 Å². The van der Waals surface area contributed by atoms with E-state index < -0.39 is 76.4 Å². The predicted molar refractivity (Wildman–Crippen MR) is 500 cm³/mol. The summed E-state index contributed by atoms with van der Waals surface area (Å²) in [4.78, 5) is 22.5. The highest BCUT2D eigenvalue weighted by Gasteiger charge is 2.44. The van der Waals surface area contributed by atoms with Gasteiger partial charge in [-0.15, -0.1) is 0 Å². The molecule has 0 radical (unpaired) electrons. The Morgan fingerprint density at radius 3 is 0.482 bits per heavy atom. The van der Waals surface area contributed by atoms with Crippen LogP contribution in [0.3, 0.4) is 0 Å². The van der Waals surface area contributed by atoms with Gasteiger partial charge in [-0.1, -0.05) is 225 Å². The molecule has 0 aliphatic carbocycles. The molecule has 626 valence electrons. The number of benzene rings is 2. The van der Waals surface area contributed by atoms with Crippen molar-refractivity contribution in [2.75, 3.05) is 52.9 Å². The first-order chi connectivity index (χ1) is 51.3. The maximum absolute atomic E-state index is 11.7. The lowest BCUT2D eigenvalue weighted by Gasteiger charge is -2.37. The van der Waals surface area contributed by atoms with Gasteiger partial charge in [0.05, 0.1) is 62.7 Å². The first-order valence-electron chi connectivity index (χ1n) is 39.8. The molecule has 22 heteroatoms. The van der Waals surface area contributed by atoms with E-state index in [0.29, 0.717) is 55.7 Å². The quantitative estimate of drug-likeness (QED) is 0.0380. The summed E-state index contributed by atoms with van der Waals surface area (Å²) in [5.74, 6) is 53.8. The Bertz CT molecular complexity index is 4120. The molecule has 2 aromatic rings. The van der Waals surface area contributed by atoms with Crippen molar-refractivity contribution in [2.45, 2.75) is 311 Å². The summed E-state index contributed by atoms with van der Waals surface area (Å²) in [6.07, 6.45) is 0. The third-order valence-electron chi connectivity index (χ3n) is 24.9. The Hall–Kier alpha value is -5.90. The van der Waals surface area contributed by atoms with Crippen LogP contribution >= 0.6 is 0 Å². The average molecular weight is 1690 g/mol. The van der Waals surface area contributed by atoms with Gasteiger partial charge in [-0.2, -0.15) is 0 Å². The maximum atomic E-state index is 11.7. The van der Waals surface area contributed by atoms with Gasteiger partial charge in [-0.3, -0.25) is 20.2 Å². The van der Waals surface area contributed by atoms with Crippen molar-refractivity contribution in [1.29, 1.82) is 0 Å². The van der Waals surface area contributed by atoms with Crippen LogP contribution in [0.25, 0.3) is 0 Å². The Morgan fingerprint density at radius 2 is 0.368 bits per heavy atom. The van der Waals surface area contributed by atoms with E-state index in [2.05, 4.69) is 366 Å². The van der Waals surface area contributed by atoms with Crippen molar-refractivity contribution < 1.29 is 45.3 Å². The van der Waals surface area contributed by atoms with Crippen LogP contribution < -0.4 is 0 Å². The minimum absolute atomic E-state index is 0.0241. The number of hydrogen-bond acceptors (Lipinski definition) is 12. The molecule has 114 heavy (non-hydrogen) atoms. The van der Waals surface area contributed by atoms with Gasteiger partial charge < -0.3 is 35.4 Å². The van der Waals surface area contributed by atoms with Gasteiger partial charge in [0.1, 0.15) is 0 Å². The maximum Gasteiger partial charge on any atom is 0.269 e. The van der Waals surface area contributed by atoms with Crippen LogP contribution in [0.1, 0.15) is 177 Å². The topological polar surface area (TPSA) is 160 Å². The van der Waals surface area contributed by atoms with Crippen LogP contribution in [-0.4, -0.2) is 129 Å². The largest absolute Gasteiger partial charge is 0.412 e. The molecule has 0 amide bonds. The van der Waals surface area contributed by atoms with Crippen LogP contribution in [0.15, 0.2) is 93.1 Å². The van der Waals surface area contributed by atoms with E-state index in [1.807, 2.05) is 0 Å². The molecule has 14 nitrogen and oxygen atoms in total. The number of nitro benzene ring substituents is 2. The fourth-order valence-electron chi connectivity index (χ4n) is 7.61. The van der Waals surface area contributed by atoms with Crippen molar-refractivity contribution >= 4 is 77.9 Å². The SMILES string of the molecule is CC(C)(C)[Si](C)(C)OC/C(C#CC#C/C(CO[Si](C)(C)C(C)(C)C)=C(/C#CC#C/C(CO[Si](C)(C)C(C)(C)C)=C(/C#Cc1ccc([N+](=O)[O-])cc1)CO[Si](C)(C)C(C)(C)C)CO[Si](C)(C)C(C)(C)C)=C(\C#CC#C/C(CO[Si](C)(C)C(C)(C)C)=C(/C#Cc1ccc([N+](=O)[O-])cc1)CO[Si](C)(C)C(C)(C)C)CO[Si](C)(C)C(C)(C)C. The second kappa shape index (κ2) is 40.7. The Labute approximate surface area is 701 Å². The van der Waals surface area contributed by atoms with Crippen LogP contribution in [0.4, 0.5) is 11.4 Å². The average Bonchev–Trinajstić information content (AvgIpc) is 0.834. The van der Waals surface area contributed by atoms with Gasteiger partial charge in [-0.25, -0.2) is 0 Å². The van der Waals surface area contributed by atoms with Gasteiger partial charge in [-0.05, 0) is 205 Å². The molecule has 0 saturated carbocycles. The standard InChI is InChI=1S/C92H144N2O12Si8/c1-85(2,3)107(25,26)99-65-75(77(67-101-109(29,30)87(7,8)9)49-43-45-51-79(69-103-111(33,34)89(13,14)15)81(71-105-113(37,38)91(19,20)21)59-53-73-55-61-83(62-56-73)93(95)96)47-41-42-48-76(66-100-108(27,28)86(4,5)6)78(68-102-110(31,32)88(10,11)12)50-44-46-52-80(70-104-112(35,36)90(16,17)18)82(72-106-114(39,40)92(22,23)24)60-54-74-57-63-84(64-58-74)94(97)98/h55-58,61-64H,65-72H2,1-40H3/b77-75+,78-76+,81-79+,82-80+.